The van der Waals surface area contributed by atoms with Crippen molar-refractivity contribution < 1.29 is 14.3 Å². The lowest BCUT2D eigenvalue weighted by Crippen LogP contribution is -2.42. The van der Waals surface area contributed by atoms with Gasteiger partial charge in [0.15, 0.2) is 12.3 Å². The summed E-state index contributed by atoms with van der Waals surface area (Å²) in [6.07, 6.45) is 9.15. The smallest absolute Gasteiger partial charge is 0.359 e. The molecule has 2 fully saturated rings. The molecule has 1 N–H and O–H groups in total. The molecule has 0 spiro atoms. The summed E-state index contributed by atoms with van der Waals surface area (Å²) in [4.78, 5) is 35.0. The third-order valence-electron chi connectivity index (χ3n) is 5.36. The first kappa shape index (κ1) is 19.9. The maximum Gasteiger partial charge on any atom is 0.359 e. The van der Waals surface area contributed by atoms with Crippen molar-refractivity contribution in [3.05, 3.63) is 16.9 Å². The number of halogens is 1. The molecule has 1 aliphatic carbocycles. The van der Waals surface area contributed by atoms with E-state index in [1.54, 1.807) is 0 Å². The van der Waals surface area contributed by atoms with Gasteiger partial charge in [0, 0.05) is 19.1 Å². The molecule has 27 heavy (non-hydrogen) atoms. The van der Waals surface area contributed by atoms with Crippen LogP contribution >= 0.6 is 11.6 Å². The molecule has 2 aliphatic rings. The average Bonchev–Trinajstić information content (AvgIpc) is 2.69. The molecule has 0 bridgehead atoms. The average molecular weight is 395 g/mol. The number of anilines is 1. The number of nitrogens with one attached hydrogen (secondary N) is 1. The fourth-order valence-electron chi connectivity index (χ4n) is 3.73. The van der Waals surface area contributed by atoms with E-state index in [0.29, 0.717) is 11.9 Å². The summed E-state index contributed by atoms with van der Waals surface area (Å²) < 4.78 is 5.15. The Bertz CT molecular complexity index is 679. The molecule has 2 heterocycles. The molecule has 0 radical (unpaired) electrons. The van der Waals surface area contributed by atoms with E-state index in [1.807, 2.05) is 4.90 Å². The molecule has 7 nitrogen and oxygen atoms in total. The van der Waals surface area contributed by atoms with Crippen LogP contribution in [-0.4, -0.2) is 47.6 Å². The van der Waals surface area contributed by atoms with Gasteiger partial charge in [0.05, 0.1) is 11.2 Å². The third-order valence-corrected chi connectivity index (χ3v) is 5.63. The normalized spacial score (nSPS) is 23.0. The number of ether oxygens (including phenoxy) is 1. The van der Waals surface area contributed by atoms with Gasteiger partial charge >= 0.3 is 5.97 Å². The van der Waals surface area contributed by atoms with Crippen LogP contribution in [0, 0.1) is 5.92 Å². The first-order chi connectivity index (χ1) is 13.0. The predicted octanol–water partition coefficient (Wildman–Crippen LogP) is 2.97. The first-order valence-electron chi connectivity index (χ1n) is 9.78. The Labute approximate surface area is 164 Å². The maximum absolute atomic E-state index is 12.4. The Morgan fingerprint density at radius 2 is 1.96 bits per heavy atom. The molecule has 3 rings (SSSR count). The zero-order chi connectivity index (χ0) is 19.2. The summed E-state index contributed by atoms with van der Waals surface area (Å²) in [5.74, 6) is -0.0654. The lowest BCUT2D eigenvalue weighted by atomic mass is 9.86. The third kappa shape index (κ3) is 5.31. The van der Waals surface area contributed by atoms with Crippen LogP contribution in [0.1, 0.15) is 62.4 Å². The number of amides is 1. The SMILES string of the molecule is C[C@@H]1CCCC[C@H]1NC(=O)COC(=O)c1nc(N2CCCCC2)ncc1Cl. The molecule has 1 aromatic rings. The number of carbonyl (C=O) groups is 2. The Hall–Kier alpha value is -1.89. The number of aromatic nitrogens is 2. The van der Waals surface area contributed by atoms with Crippen molar-refractivity contribution >= 4 is 29.4 Å². The highest BCUT2D eigenvalue weighted by Gasteiger charge is 2.24. The zero-order valence-electron chi connectivity index (χ0n) is 15.7. The fourth-order valence-corrected chi connectivity index (χ4v) is 3.89. The molecule has 1 aliphatic heterocycles. The lowest BCUT2D eigenvalue weighted by molar-refractivity contribution is -0.125. The molecule has 1 amide bonds. The van der Waals surface area contributed by atoms with Crippen molar-refractivity contribution in [2.45, 2.75) is 57.9 Å². The lowest BCUT2D eigenvalue weighted by Gasteiger charge is -2.29. The largest absolute Gasteiger partial charge is 0.451 e. The standard InChI is InChI=1S/C19H27ClN4O3/c1-13-7-3-4-8-15(13)22-16(25)12-27-18(26)17-14(20)11-21-19(23-17)24-9-5-2-6-10-24/h11,13,15H,2-10,12H2,1H3,(H,22,25)/t13-,15-/m1/s1. The van der Waals surface area contributed by atoms with Gasteiger partial charge in [0.25, 0.3) is 5.91 Å². The van der Waals surface area contributed by atoms with Gasteiger partial charge in [-0.15, -0.1) is 0 Å². The minimum absolute atomic E-state index is 0.00562. The minimum Gasteiger partial charge on any atom is -0.451 e. The van der Waals surface area contributed by atoms with Crippen LogP contribution < -0.4 is 10.2 Å². The topological polar surface area (TPSA) is 84.4 Å². The van der Waals surface area contributed by atoms with Gasteiger partial charge in [-0.05, 0) is 38.0 Å². The van der Waals surface area contributed by atoms with Crippen molar-refractivity contribution in [1.82, 2.24) is 15.3 Å². The summed E-state index contributed by atoms with van der Waals surface area (Å²) >= 11 is 6.08. The number of carbonyl (C=O) groups excluding carboxylic acids is 2. The van der Waals surface area contributed by atoms with Crippen LogP contribution in [0.2, 0.25) is 5.02 Å². The van der Waals surface area contributed by atoms with E-state index in [9.17, 15) is 9.59 Å². The van der Waals surface area contributed by atoms with Gasteiger partial charge in [-0.3, -0.25) is 4.79 Å². The summed E-state index contributed by atoms with van der Waals surface area (Å²) in [7, 11) is 0. The van der Waals surface area contributed by atoms with Crippen molar-refractivity contribution in [2.24, 2.45) is 5.92 Å². The Kier molecular flexibility index (Phi) is 6.88. The fraction of sp³-hybridized carbons (Fsp3) is 0.684. The number of hydrogen-bond acceptors (Lipinski definition) is 6. The van der Waals surface area contributed by atoms with E-state index in [0.717, 1.165) is 45.2 Å². The summed E-state index contributed by atoms with van der Waals surface area (Å²) in [6.45, 7) is 3.52. The monoisotopic (exact) mass is 394 g/mol. The second-order valence-corrected chi connectivity index (χ2v) is 7.83. The van der Waals surface area contributed by atoms with Gasteiger partial charge in [-0.25, -0.2) is 14.8 Å². The molecule has 148 valence electrons. The summed E-state index contributed by atoms with van der Waals surface area (Å²) in [6, 6.07) is 0.151. The molecule has 1 aromatic heterocycles. The van der Waals surface area contributed by atoms with Gasteiger partial charge < -0.3 is 15.0 Å². The predicted molar refractivity (Wildman–Crippen MR) is 103 cm³/mol. The van der Waals surface area contributed by atoms with Crippen LogP contribution in [0.4, 0.5) is 5.95 Å². The van der Waals surface area contributed by atoms with Gasteiger partial charge in [-0.2, -0.15) is 0 Å². The van der Waals surface area contributed by atoms with Crippen molar-refractivity contribution in [3.63, 3.8) is 0 Å². The first-order valence-corrected chi connectivity index (χ1v) is 10.2. The Morgan fingerprint density at radius 3 is 2.70 bits per heavy atom. The van der Waals surface area contributed by atoms with Crippen LogP contribution in [0.5, 0.6) is 0 Å². The maximum atomic E-state index is 12.4. The molecular weight excluding hydrogens is 368 g/mol. The number of hydrogen-bond donors (Lipinski definition) is 1. The second kappa shape index (κ2) is 9.35. The Balaban J connectivity index is 1.56. The zero-order valence-corrected chi connectivity index (χ0v) is 16.5. The van der Waals surface area contributed by atoms with Gasteiger partial charge in [0.1, 0.15) is 0 Å². The van der Waals surface area contributed by atoms with E-state index in [2.05, 4.69) is 22.2 Å². The highest BCUT2D eigenvalue weighted by atomic mass is 35.5. The molecule has 0 aromatic carbocycles. The molecule has 1 saturated carbocycles. The van der Waals surface area contributed by atoms with Crippen LogP contribution in [0.15, 0.2) is 6.20 Å². The summed E-state index contributed by atoms with van der Waals surface area (Å²) in [5, 5.41) is 3.09. The number of esters is 1. The van der Waals surface area contributed by atoms with Crippen LogP contribution in [0.25, 0.3) is 0 Å². The van der Waals surface area contributed by atoms with Crippen LogP contribution in [-0.2, 0) is 9.53 Å². The Morgan fingerprint density at radius 1 is 1.22 bits per heavy atom. The molecular formula is C19H27ClN4O3. The highest BCUT2D eigenvalue weighted by Crippen LogP contribution is 2.24. The number of piperidine rings is 1. The number of rotatable bonds is 5. The minimum atomic E-state index is -0.701. The van der Waals surface area contributed by atoms with Crippen LogP contribution in [0.3, 0.4) is 0 Å². The van der Waals surface area contributed by atoms with Crippen molar-refractivity contribution in [3.8, 4) is 0 Å². The van der Waals surface area contributed by atoms with Crippen molar-refractivity contribution in [1.29, 1.82) is 0 Å². The highest BCUT2D eigenvalue weighted by molar-refractivity contribution is 6.33. The van der Waals surface area contributed by atoms with E-state index in [4.69, 9.17) is 16.3 Å². The van der Waals surface area contributed by atoms with E-state index in [1.165, 1.54) is 19.0 Å². The van der Waals surface area contributed by atoms with E-state index >= 15 is 0 Å². The van der Waals surface area contributed by atoms with E-state index in [-0.39, 0.29) is 29.3 Å². The molecule has 2 atom stereocenters. The molecule has 1 saturated heterocycles. The second-order valence-electron chi connectivity index (χ2n) is 7.43. The molecule has 0 unspecified atom stereocenters. The van der Waals surface area contributed by atoms with Crippen molar-refractivity contribution in [2.75, 3.05) is 24.6 Å². The number of nitrogens with zero attached hydrogens (tertiary/aromatic N) is 3. The summed E-state index contributed by atoms with van der Waals surface area (Å²) in [5.41, 5.74) is 0.00562. The molecule has 8 heteroatoms. The van der Waals surface area contributed by atoms with Gasteiger partial charge in [0.2, 0.25) is 5.95 Å². The van der Waals surface area contributed by atoms with E-state index < -0.39 is 5.97 Å². The quantitative estimate of drug-likeness (QED) is 0.773. The van der Waals surface area contributed by atoms with Gasteiger partial charge in [-0.1, -0.05) is 31.4 Å².